The van der Waals surface area contributed by atoms with Crippen molar-refractivity contribution < 1.29 is 4.74 Å². The maximum Gasteiger partial charge on any atom is 0.168 e. The SMILES string of the molecule is C[C@@H]1CN(c2ncnc3c2cnn3-c2ccc(Cl)cc2)C[C@@H](C)O1. The molecule has 2 atom stereocenters. The number of halogens is 1. The van der Waals surface area contributed by atoms with Crippen molar-refractivity contribution >= 4 is 28.5 Å². The maximum absolute atomic E-state index is 5.97. The number of benzene rings is 1. The van der Waals surface area contributed by atoms with Gasteiger partial charge in [0.25, 0.3) is 0 Å². The van der Waals surface area contributed by atoms with Crippen molar-refractivity contribution in [2.75, 3.05) is 18.0 Å². The number of ether oxygens (including phenoxy) is 1. The van der Waals surface area contributed by atoms with Crippen LogP contribution in [0.15, 0.2) is 36.8 Å². The average molecular weight is 344 g/mol. The van der Waals surface area contributed by atoms with Crippen molar-refractivity contribution in [2.45, 2.75) is 26.1 Å². The molecule has 0 radical (unpaired) electrons. The first kappa shape index (κ1) is 15.4. The lowest BCUT2D eigenvalue weighted by molar-refractivity contribution is -0.00537. The van der Waals surface area contributed by atoms with Crippen LogP contribution in [0, 0.1) is 0 Å². The minimum absolute atomic E-state index is 0.171. The van der Waals surface area contributed by atoms with Gasteiger partial charge in [0.2, 0.25) is 0 Å². The van der Waals surface area contributed by atoms with E-state index in [-0.39, 0.29) is 12.2 Å². The molecule has 6 nitrogen and oxygen atoms in total. The highest BCUT2D eigenvalue weighted by Gasteiger charge is 2.25. The third-order valence-electron chi connectivity index (χ3n) is 4.14. The lowest BCUT2D eigenvalue weighted by atomic mass is 10.2. The Morgan fingerprint density at radius 3 is 2.50 bits per heavy atom. The third kappa shape index (κ3) is 2.72. The minimum Gasteiger partial charge on any atom is -0.372 e. The van der Waals surface area contributed by atoms with Crippen molar-refractivity contribution in [3.05, 3.63) is 41.8 Å². The largest absolute Gasteiger partial charge is 0.372 e. The van der Waals surface area contributed by atoms with Gasteiger partial charge >= 0.3 is 0 Å². The smallest absolute Gasteiger partial charge is 0.168 e. The Labute approximate surface area is 145 Å². The molecular formula is C17H18ClN5O. The highest BCUT2D eigenvalue weighted by Crippen LogP contribution is 2.27. The van der Waals surface area contributed by atoms with Gasteiger partial charge in [-0.15, -0.1) is 0 Å². The molecule has 3 aromatic rings. The van der Waals surface area contributed by atoms with E-state index in [0.29, 0.717) is 5.02 Å². The quantitative estimate of drug-likeness (QED) is 0.715. The van der Waals surface area contributed by atoms with Crippen LogP contribution in [0.3, 0.4) is 0 Å². The van der Waals surface area contributed by atoms with Crippen molar-refractivity contribution in [3.8, 4) is 5.69 Å². The molecule has 1 aliphatic rings. The number of rotatable bonds is 2. The van der Waals surface area contributed by atoms with Crippen LogP contribution in [0.2, 0.25) is 5.02 Å². The zero-order chi connectivity index (χ0) is 16.7. The molecule has 1 fully saturated rings. The van der Waals surface area contributed by atoms with Gasteiger partial charge in [-0.1, -0.05) is 11.6 Å². The maximum atomic E-state index is 5.97. The molecule has 0 N–H and O–H groups in total. The summed E-state index contributed by atoms with van der Waals surface area (Å²) in [6.07, 6.45) is 3.76. The average Bonchev–Trinajstić information content (AvgIpc) is 2.98. The summed E-state index contributed by atoms with van der Waals surface area (Å²) >= 11 is 5.97. The number of fused-ring (bicyclic) bond motifs is 1. The van der Waals surface area contributed by atoms with Crippen LogP contribution in [-0.4, -0.2) is 45.0 Å². The van der Waals surface area contributed by atoms with Gasteiger partial charge in [0, 0.05) is 18.1 Å². The summed E-state index contributed by atoms with van der Waals surface area (Å²) in [5.74, 6) is 0.905. The van der Waals surface area contributed by atoms with Gasteiger partial charge in [0.1, 0.15) is 12.1 Å². The summed E-state index contributed by atoms with van der Waals surface area (Å²) in [5.41, 5.74) is 1.71. The van der Waals surface area contributed by atoms with Crippen LogP contribution in [0.1, 0.15) is 13.8 Å². The lowest BCUT2D eigenvalue weighted by Crippen LogP contribution is -2.45. The highest BCUT2D eigenvalue weighted by atomic mass is 35.5. The number of hydrogen-bond donors (Lipinski definition) is 0. The molecule has 0 amide bonds. The van der Waals surface area contributed by atoms with Crippen molar-refractivity contribution in [1.82, 2.24) is 19.7 Å². The number of hydrogen-bond acceptors (Lipinski definition) is 5. The summed E-state index contributed by atoms with van der Waals surface area (Å²) in [7, 11) is 0. The van der Waals surface area contributed by atoms with Crippen molar-refractivity contribution in [1.29, 1.82) is 0 Å². The van der Waals surface area contributed by atoms with Crippen LogP contribution in [0.5, 0.6) is 0 Å². The van der Waals surface area contributed by atoms with Crippen LogP contribution in [0.25, 0.3) is 16.7 Å². The first-order valence-corrected chi connectivity index (χ1v) is 8.34. The van der Waals surface area contributed by atoms with Crippen molar-refractivity contribution in [2.24, 2.45) is 0 Å². The molecule has 7 heteroatoms. The highest BCUT2D eigenvalue weighted by molar-refractivity contribution is 6.30. The van der Waals surface area contributed by atoms with E-state index in [1.54, 1.807) is 6.33 Å². The van der Waals surface area contributed by atoms with E-state index in [2.05, 4.69) is 33.8 Å². The van der Waals surface area contributed by atoms with Crippen LogP contribution in [0.4, 0.5) is 5.82 Å². The third-order valence-corrected chi connectivity index (χ3v) is 4.39. The Bertz CT molecular complexity index is 853. The zero-order valence-electron chi connectivity index (χ0n) is 13.6. The van der Waals surface area contributed by atoms with E-state index in [4.69, 9.17) is 16.3 Å². The Hall–Kier alpha value is -2.18. The fourth-order valence-electron chi connectivity index (χ4n) is 3.21. The second-order valence-electron chi connectivity index (χ2n) is 6.13. The molecule has 1 saturated heterocycles. The Morgan fingerprint density at radius 1 is 1.08 bits per heavy atom. The van der Waals surface area contributed by atoms with E-state index in [1.165, 1.54) is 0 Å². The number of anilines is 1. The Morgan fingerprint density at radius 2 is 1.79 bits per heavy atom. The summed E-state index contributed by atoms with van der Waals surface area (Å²) in [6.45, 7) is 5.78. The van der Waals surface area contributed by atoms with Gasteiger partial charge in [-0.25, -0.2) is 14.6 Å². The fourth-order valence-corrected chi connectivity index (χ4v) is 3.33. The molecule has 4 rings (SSSR count). The predicted octanol–water partition coefficient (Wildman–Crippen LogP) is 3.08. The lowest BCUT2D eigenvalue weighted by Gasteiger charge is -2.36. The van der Waals surface area contributed by atoms with E-state index < -0.39 is 0 Å². The van der Waals surface area contributed by atoms with Gasteiger partial charge in [-0.05, 0) is 38.1 Å². The molecule has 2 aromatic heterocycles. The molecule has 0 bridgehead atoms. The fraction of sp³-hybridized carbons (Fsp3) is 0.353. The predicted molar refractivity (Wildman–Crippen MR) is 93.9 cm³/mol. The molecule has 0 unspecified atom stereocenters. The summed E-state index contributed by atoms with van der Waals surface area (Å²) < 4.78 is 7.63. The standard InChI is InChI=1S/C17H18ClN5O/c1-11-8-22(9-12(2)24-11)16-15-7-21-23(17(15)20-10-19-16)14-5-3-13(18)4-6-14/h3-7,10-12H,8-9H2,1-2H3/t11-,12-/m1/s1. The zero-order valence-corrected chi connectivity index (χ0v) is 14.3. The Kier molecular flexibility index (Phi) is 3.86. The summed E-state index contributed by atoms with van der Waals surface area (Å²) in [5, 5.41) is 6.14. The monoisotopic (exact) mass is 343 g/mol. The molecule has 1 aliphatic heterocycles. The van der Waals surface area contributed by atoms with Gasteiger partial charge in [0.15, 0.2) is 5.65 Å². The second kappa shape index (κ2) is 6.03. The van der Waals surface area contributed by atoms with E-state index in [1.807, 2.05) is 35.1 Å². The normalized spacial score (nSPS) is 21.4. The number of morpholine rings is 1. The molecule has 0 aliphatic carbocycles. The van der Waals surface area contributed by atoms with Crippen molar-refractivity contribution in [3.63, 3.8) is 0 Å². The molecule has 0 saturated carbocycles. The number of nitrogens with zero attached hydrogens (tertiary/aromatic N) is 5. The van der Waals surface area contributed by atoms with Crippen LogP contribution in [-0.2, 0) is 4.74 Å². The van der Waals surface area contributed by atoms with Gasteiger partial charge in [-0.2, -0.15) is 5.10 Å². The summed E-state index contributed by atoms with van der Waals surface area (Å²) in [6, 6.07) is 7.54. The topological polar surface area (TPSA) is 56.1 Å². The first-order valence-electron chi connectivity index (χ1n) is 7.97. The van der Waals surface area contributed by atoms with E-state index >= 15 is 0 Å². The molecule has 3 heterocycles. The summed E-state index contributed by atoms with van der Waals surface area (Å²) in [4.78, 5) is 11.2. The molecule has 124 valence electrons. The molecule has 0 spiro atoms. The molecule has 24 heavy (non-hydrogen) atoms. The first-order chi connectivity index (χ1) is 11.6. The molecule has 1 aromatic carbocycles. The molecular weight excluding hydrogens is 326 g/mol. The van der Waals surface area contributed by atoms with Crippen LogP contribution < -0.4 is 4.90 Å². The minimum atomic E-state index is 0.171. The Balaban J connectivity index is 1.78. The second-order valence-corrected chi connectivity index (χ2v) is 6.57. The van der Waals surface area contributed by atoms with Crippen LogP contribution >= 0.6 is 11.6 Å². The van der Waals surface area contributed by atoms with Gasteiger partial charge in [-0.3, -0.25) is 0 Å². The van der Waals surface area contributed by atoms with E-state index in [9.17, 15) is 0 Å². The van der Waals surface area contributed by atoms with Gasteiger partial charge in [0.05, 0.1) is 29.5 Å². The number of aromatic nitrogens is 4. The van der Waals surface area contributed by atoms with E-state index in [0.717, 1.165) is 35.6 Å². The van der Waals surface area contributed by atoms with Gasteiger partial charge < -0.3 is 9.64 Å².